The molecule has 0 saturated heterocycles. The largest absolute Gasteiger partial charge is 0.493 e. The number of benzene rings is 2. The molecule has 0 amide bonds. The van der Waals surface area contributed by atoms with Crippen LogP contribution in [0.5, 0.6) is 17.2 Å². The van der Waals surface area contributed by atoms with Gasteiger partial charge in [-0.2, -0.15) is 8.78 Å². The lowest BCUT2D eigenvalue weighted by Gasteiger charge is -2.11. The highest BCUT2D eigenvalue weighted by Crippen LogP contribution is 2.29. The molecule has 2 aromatic rings. The number of ether oxygens (including phenoxy) is 3. The van der Waals surface area contributed by atoms with Gasteiger partial charge >= 0.3 is 6.61 Å². The standard InChI is InChI=1S/C17H19F2N3O3.HI/c1-23-14-8-7-12(9-15(14)24-2)22-17(20)21-10-11-5-3-4-6-13(11)25-16(18)19;/h3-9,16H,10H2,1-2H3,(H3,20,21,22);1H. The average Bonchev–Trinajstić information content (AvgIpc) is 2.60. The van der Waals surface area contributed by atoms with E-state index in [9.17, 15) is 8.78 Å². The predicted molar refractivity (Wildman–Crippen MR) is 107 cm³/mol. The van der Waals surface area contributed by atoms with Crippen molar-refractivity contribution in [2.45, 2.75) is 13.2 Å². The Morgan fingerprint density at radius 1 is 1.08 bits per heavy atom. The molecule has 0 fully saturated rings. The van der Waals surface area contributed by atoms with E-state index < -0.39 is 6.61 Å². The number of hydrogen-bond donors (Lipinski definition) is 2. The molecule has 0 aliphatic carbocycles. The van der Waals surface area contributed by atoms with Crippen LogP contribution in [-0.2, 0) is 6.54 Å². The summed E-state index contributed by atoms with van der Waals surface area (Å²) in [6, 6.07) is 11.6. The molecule has 0 atom stereocenters. The minimum absolute atomic E-state index is 0. The predicted octanol–water partition coefficient (Wildman–Crippen LogP) is 3.85. The van der Waals surface area contributed by atoms with Crippen LogP contribution in [0.4, 0.5) is 14.5 Å². The molecule has 3 N–H and O–H groups in total. The van der Waals surface area contributed by atoms with Crippen molar-refractivity contribution >= 4 is 35.6 Å². The van der Waals surface area contributed by atoms with Crippen molar-refractivity contribution in [3.8, 4) is 17.2 Å². The summed E-state index contributed by atoms with van der Waals surface area (Å²) in [4.78, 5) is 4.14. The first kappa shape index (κ1) is 21.7. The summed E-state index contributed by atoms with van der Waals surface area (Å²) < 4.78 is 39.6. The lowest BCUT2D eigenvalue weighted by atomic mass is 10.2. The number of halogens is 3. The van der Waals surface area contributed by atoms with E-state index in [2.05, 4.69) is 15.0 Å². The first-order chi connectivity index (χ1) is 12.0. The Bertz CT molecular complexity index is 745. The van der Waals surface area contributed by atoms with Crippen molar-refractivity contribution < 1.29 is 23.0 Å². The topological polar surface area (TPSA) is 78.1 Å². The third-order valence-corrected chi connectivity index (χ3v) is 3.26. The zero-order chi connectivity index (χ0) is 18.2. The normalized spacial score (nSPS) is 10.9. The summed E-state index contributed by atoms with van der Waals surface area (Å²) in [6.07, 6.45) is 0. The second kappa shape index (κ2) is 10.6. The van der Waals surface area contributed by atoms with Crippen LogP contribution in [0.25, 0.3) is 0 Å². The number of para-hydroxylation sites is 1. The van der Waals surface area contributed by atoms with Gasteiger partial charge in [0.2, 0.25) is 0 Å². The minimum atomic E-state index is -2.90. The van der Waals surface area contributed by atoms with Gasteiger partial charge in [-0.3, -0.25) is 0 Å². The second-order valence-electron chi connectivity index (χ2n) is 4.88. The fourth-order valence-corrected chi connectivity index (χ4v) is 2.12. The Morgan fingerprint density at radius 2 is 1.77 bits per heavy atom. The Hall–Kier alpha value is -2.30. The molecule has 0 aliphatic rings. The van der Waals surface area contributed by atoms with E-state index in [-0.39, 0.29) is 42.2 Å². The van der Waals surface area contributed by atoms with E-state index >= 15 is 0 Å². The highest BCUT2D eigenvalue weighted by atomic mass is 127. The molecular weight excluding hydrogens is 459 g/mol. The molecule has 2 aromatic carbocycles. The summed E-state index contributed by atoms with van der Waals surface area (Å²) >= 11 is 0. The molecular formula is C17H20F2IN3O3. The van der Waals surface area contributed by atoms with Crippen molar-refractivity contribution in [1.82, 2.24) is 0 Å². The zero-order valence-electron chi connectivity index (χ0n) is 14.2. The van der Waals surface area contributed by atoms with Gasteiger partial charge in [0, 0.05) is 17.3 Å². The lowest BCUT2D eigenvalue weighted by Crippen LogP contribution is -2.22. The van der Waals surface area contributed by atoms with Gasteiger partial charge in [0.1, 0.15) is 5.75 Å². The number of guanidine groups is 1. The van der Waals surface area contributed by atoms with Crippen molar-refractivity contribution in [3.63, 3.8) is 0 Å². The molecule has 0 spiro atoms. The van der Waals surface area contributed by atoms with Crippen LogP contribution < -0.4 is 25.3 Å². The number of anilines is 1. The van der Waals surface area contributed by atoms with Gasteiger partial charge in [-0.05, 0) is 18.2 Å². The highest BCUT2D eigenvalue weighted by molar-refractivity contribution is 14.0. The van der Waals surface area contributed by atoms with Crippen LogP contribution in [0.15, 0.2) is 47.5 Å². The van der Waals surface area contributed by atoms with Gasteiger partial charge in [0.05, 0.1) is 20.8 Å². The van der Waals surface area contributed by atoms with Crippen LogP contribution in [0, 0.1) is 0 Å². The maximum atomic E-state index is 12.4. The number of aliphatic imine (C=N–C) groups is 1. The molecule has 6 nitrogen and oxygen atoms in total. The fourth-order valence-electron chi connectivity index (χ4n) is 2.12. The number of nitrogens with two attached hydrogens (primary N) is 1. The maximum Gasteiger partial charge on any atom is 0.387 e. The van der Waals surface area contributed by atoms with Crippen LogP contribution in [0.1, 0.15) is 5.56 Å². The number of alkyl halides is 2. The third kappa shape index (κ3) is 6.21. The number of rotatable bonds is 7. The number of methoxy groups -OCH3 is 2. The summed E-state index contributed by atoms with van der Waals surface area (Å²) in [6.45, 7) is -2.80. The molecule has 0 heterocycles. The average molecular weight is 479 g/mol. The molecule has 26 heavy (non-hydrogen) atoms. The van der Waals surface area contributed by atoms with Crippen molar-refractivity contribution in [3.05, 3.63) is 48.0 Å². The molecule has 0 radical (unpaired) electrons. The third-order valence-electron chi connectivity index (χ3n) is 3.26. The Kier molecular flexibility index (Phi) is 8.90. The molecule has 142 valence electrons. The number of hydrogen-bond acceptors (Lipinski definition) is 4. The molecule has 2 rings (SSSR count). The van der Waals surface area contributed by atoms with Crippen molar-refractivity contribution in [2.75, 3.05) is 19.5 Å². The first-order valence-corrected chi connectivity index (χ1v) is 7.35. The summed E-state index contributed by atoms with van der Waals surface area (Å²) in [5.74, 6) is 1.32. The first-order valence-electron chi connectivity index (χ1n) is 7.35. The van der Waals surface area contributed by atoms with Crippen molar-refractivity contribution in [2.24, 2.45) is 10.7 Å². The molecule has 0 aromatic heterocycles. The number of nitrogens with one attached hydrogen (secondary N) is 1. The van der Waals surface area contributed by atoms with Crippen LogP contribution in [0.2, 0.25) is 0 Å². The maximum absolute atomic E-state index is 12.4. The van der Waals surface area contributed by atoms with E-state index in [1.165, 1.54) is 13.2 Å². The Morgan fingerprint density at radius 3 is 2.42 bits per heavy atom. The summed E-state index contributed by atoms with van der Waals surface area (Å²) in [5, 5.41) is 2.90. The van der Waals surface area contributed by atoms with Crippen LogP contribution in [0.3, 0.4) is 0 Å². The summed E-state index contributed by atoms with van der Waals surface area (Å²) in [7, 11) is 3.07. The summed E-state index contributed by atoms with van der Waals surface area (Å²) in [5.41, 5.74) is 6.99. The van der Waals surface area contributed by atoms with E-state index in [0.717, 1.165) is 0 Å². The smallest absolute Gasteiger partial charge is 0.387 e. The SMILES string of the molecule is COc1ccc(NC(N)=NCc2ccccc2OC(F)F)cc1OC.I. The zero-order valence-corrected chi connectivity index (χ0v) is 16.6. The fraction of sp³-hybridized carbons (Fsp3) is 0.235. The van der Waals surface area contributed by atoms with Gasteiger partial charge in [0.25, 0.3) is 0 Å². The van der Waals surface area contributed by atoms with E-state index in [4.69, 9.17) is 15.2 Å². The quantitative estimate of drug-likeness (QED) is 0.359. The van der Waals surface area contributed by atoms with Gasteiger partial charge in [-0.15, -0.1) is 24.0 Å². The molecule has 0 unspecified atom stereocenters. The second-order valence-corrected chi connectivity index (χ2v) is 4.88. The Balaban J connectivity index is 0.00000338. The van der Waals surface area contributed by atoms with E-state index in [1.54, 1.807) is 43.5 Å². The van der Waals surface area contributed by atoms with E-state index in [1.807, 2.05) is 0 Å². The van der Waals surface area contributed by atoms with Gasteiger partial charge in [-0.25, -0.2) is 4.99 Å². The van der Waals surface area contributed by atoms with Gasteiger partial charge < -0.3 is 25.3 Å². The minimum Gasteiger partial charge on any atom is -0.493 e. The van der Waals surface area contributed by atoms with E-state index in [0.29, 0.717) is 22.7 Å². The van der Waals surface area contributed by atoms with Crippen molar-refractivity contribution in [1.29, 1.82) is 0 Å². The molecule has 0 saturated carbocycles. The lowest BCUT2D eigenvalue weighted by molar-refractivity contribution is -0.0504. The van der Waals surface area contributed by atoms with Gasteiger partial charge in [-0.1, -0.05) is 18.2 Å². The molecule has 0 bridgehead atoms. The molecule has 0 aliphatic heterocycles. The Labute approximate surface area is 167 Å². The van der Waals surface area contributed by atoms with Gasteiger partial charge in [0.15, 0.2) is 17.5 Å². The van der Waals surface area contributed by atoms with Crippen LogP contribution in [-0.4, -0.2) is 26.8 Å². The monoisotopic (exact) mass is 479 g/mol. The van der Waals surface area contributed by atoms with Crippen LogP contribution >= 0.6 is 24.0 Å². The highest BCUT2D eigenvalue weighted by Gasteiger charge is 2.09. The molecule has 9 heteroatoms. The number of nitrogens with zero attached hydrogens (tertiary/aromatic N) is 1.